The molecule has 2 saturated heterocycles. The molecule has 0 spiro atoms. The molecule has 0 amide bonds. The summed E-state index contributed by atoms with van der Waals surface area (Å²) in [5.74, 6) is 3.68. The molecular formula is C14H23N. The number of hydrogen-bond donors (Lipinski definition) is 0. The zero-order valence-electron chi connectivity index (χ0n) is 9.91. The largest absolute Gasteiger partial charge is 0.297 e. The summed E-state index contributed by atoms with van der Waals surface area (Å²) in [5, 5.41) is 0. The highest BCUT2D eigenvalue weighted by Crippen LogP contribution is 2.36. The van der Waals surface area contributed by atoms with Crippen molar-refractivity contribution in [2.45, 2.75) is 64.0 Å². The van der Waals surface area contributed by atoms with Gasteiger partial charge in [-0.25, -0.2) is 0 Å². The highest BCUT2D eigenvalue weighted by atomic mass is 15.2. The van der Waals surface area contributed by atoms with Crippen molar-refractivity contribution in [2.24, 2.45) is 5.92 Å². The SMILES string of the molecule is C#CCCCC1CCC(C)C2CCCN12. The molecule has 1 heteroatoms. The smallest absolute Gasteiger partial charge is 0.0124 e. The number of nitrogens with zero attached hydrogens (tertiary/aromatic N) is 1. The topological polar surface area (TPSA) is 3.24 Å². The van der Waals surface area contributed by atoms with Crippen LogP contribution in [0.4, 0.5) is 0 Å². The van der Waals surface area contributed by atoms with Gasteiger partial charge in [-0.1, -0.05) is 6.92 Å². The fraction of sp³-hybridized carbons (Fsp3) is 0.857. The average Bonchev–Trinajstić information content (AvgIpc) is 2.71. The summed E-state index contributed by atoms with van der Waals surface area (Å²) in [7, 11) is 0. The Bertz CT molecular complexity index is 240. The Labute approximate surface area is 94.2 Å². The number of fused-ring (bicyclic) bond motifs is 1. The maximum absolute atomic E-state index is 5.31. The van der Waals surface area contributed by atoms with Gasteiger partial charge in [0.1, 0.15) is 0 Å². The highest BCUT2D eigenvalue weighted by Gasteiger charge is 2.37. The van der Waals surface area contributed by atoms with Crippen molar-refractivity contribution in [3.63, 3.8) is 0 Å². The van der Waals surface area contributed by atoms with Gasteiger partial charge in [0, 0.05) is 18.5 Å². The van der Waals surface area contributed by atoms with Gasteiger partial charge in [0.2, 0.25) is 0 Å². The van der Waals surface area contributed by atoms with Crippen LogP contribution in [0.5, 0.6) is 0 Å². The van der Waals surface area contributed by atoms with E-state index < -0.39 is 0 Å². The third-order valence-corrected chi connectivity index (χ3v) is 4.28. The van der Waals surface area contributed by atoms with Crippen LogP contribution >= 0.6 is 0 Å². The Morgan fingerprint density at radius 2 is 2.20 bits per heavy atom. The van der Waals surface area contributed by atoms with Crippen LogP contribution in [0.2, 0.25) is 0 Å². The van der Waals surface area contributed by atoms with E-state index in [4.69, 9.17) is 6.42 Å². The average molecular weight is 205 g/mol. The predicted octanol–water partition coefficient (Wildman–Crippen LogP) is 3.05. The quantitative estimate of drug-likeness (QED) is 0.505. The first-order valence-electron chi connectivity index (χ1n) is 6.52. The summed E-state index contributed by atoms with van der Waals surface area (Å²) in [6.45, 7) is 3.77. The van der Waals surface area contributed by atoms with Crippen LogP contribution in [-0.4, -0.2) is 23.5 Å². The minimum atomic E-state index is 0.849. The lowest BCUT2D eigenvalue weighted by molar-refractivity contribution is 0.0757. The van der Waals surface area contributed by atoms with Gasteiger partial charge in [0.15, 0.2) is 0 Å². The predicted molar refractivity (Wildman–Crippen MR) is 64.6 cm³/mol. The molecule has 2 rings (SSSR count). The standard InChI is InChI=1S/C14H23N/c1-3-4-5-7-13-10-9-12(2)14-8-6-11-15(13)14/h1,12-14H,4-11H2,2H3. The lowest BCUT2D eigenvalue weighted by Gasteiger charge is -2.41. The summed E-state index contributed by atoms with van der Waals surface area (Å²) in [4.78, 5) is 2.78. The molecule has 2 aliphatic rings. The molecule has 3 atom stereocenters. The number of unbranched alkanes of at least 4 members (excludes halogenated alkanes) is 1. The van der Waals surface area contributed by atoms with Crippen molar-refractivity contribution in [3.05, 3.63) is 0 Å². The molecule has 0 aromatic carbocycles. The van der Waals surface area contributed by atoms with Crippen LogP contribution < -0.4 is 0 Å². The lowest BCUT2D eigenvalue weighted by atomic mass is 9.85. The van der Waals surface area contributed by atoms with Gasteiger partial charge in [0.25, 0.3) is 0 Å². The second kappa shape index (κ2) is 5.03. The number of hydrogen-bond acceptors (Lipinski definition) is 1. The van der Waals surface area contributed by atoms with Gasteiger partial charge in [0.05, 0.1) is 0 Å². The minimum Gasteiger partial charge on any atom is -0.297 e. The number of terminal acetylenes is 1. The van der Waals surface area contributed by atoms with Crippen LogP contribution in [0.15, 0.2) is 0 Å². The van der Waals surface area contributed by atoms with Crippen LogP contribution in [0.1, 0.15) is 51.9 Å². The van der Waals surface area contributed by atoms with E-state index in [0.29, 0.717) is 0 Å². The third-order valence-electron chi connectivity index (χ3n) is 4.28. The maximum Gasteiger partial charge on any atom is 0.0124 e. The lowest BCUT2D eigenvalue weighted by Crippen LogP contribution is -2.46. The van der Waals surface area contributed by atoms with E-state index in [1.807, 2.05) is 0 Å². The van der Waals surface area contributed by atoms with E-state index in [0.717, 1.165) is 24.4 Å². The van der Waals surface area contributed by atoms with Crippen LogP contribution in [0, 0.1) is 18.3 Å². The fourth-order valence-electron chi connectivity index (χ4n) is 3.44. The minimum absolute atomic E-state index is 0.849. The molecule has 0 aromatic heterocycles. The number of piperidine rings is 1. The molecule has 2 fully saturated rings. The molecule has 84 valence electrons. The molecule has 0 N–H and O–H groups in total. The monoisotopic (exact) mass is 205 g/mol. The fourth-order valence-corrected chi connectivity index (χ4v) is 3.44. The Hall–Kier alpha value is -0.480. The van der Waals surface area contributed by atoms with Crippen molar-refractivity contribution < 1.29 is 0 Å². The normalized spacial score (nSPS) is 36.1. The zero-order valence-corrected chi connectivity index (χ0v) is 9.91. The van der Waals surface area contributed by atoms with Crippen molar-refractivity contribution in [1.29, 1.82) is 0 Å². The van der Waals surface area contributed by atoms with Crippen molar-refractivity contribution in [1.82, 2.24) is 4.90 Å². The van der Waals surface area contributed by atoms with Gasteiger partial charge in [-0.3, -0.25) is 4.90 Å². The Balaban J connectivity index is 1.87. The van der Waals surface area contributed by atoms with Crippen molar-refractivity contribution in [2.75, 3.05) is 6.54 Å². The second-order valence-corrected chi connectivity index (χ2v) is 5.25. The summed E-state index contributed by atoms with van der Waals surface area (Å²) in [6.07, 6.45) is 14.5. The molecule has 0 saturated carbocycles. The molecule has 15 heavy (non-hydrogen) atoms. The first-order valence-corrected chi connectivity index (χ1v) is 6.52. The molecule has 2 aliphatic heterocycles. The highest BCUT2D eigenvalue weighted by molar-refractivity contribution is 4.93. The van der Waals surface area contributed by atoms with E-state index in [9.17, 15) is 0 Å². The van der Waals surface area contributed by atoms with Gasteiger partial charge >= 0.3 is 0 Å². The van der Waals surface area contributed by atoms with Crippen molar-refractivity contribution in [3.8, 4) is 12.3 Å². The second-order valence-electron chi connectivity index (χ2n) is 5.25. The third kappa shape index (κ3) is 2.37. The molecular weight excluding hydrogens is 182 g/mol. The first kappa shape index (κ1) is 11.0. The summed E-state index contributed by atoms with van der Waals surface area (Å²) in [6, 6.07) is 1.75. The summed E-state index contributed by atoms with van der Waals surface area (Å²) >= 11 is 0. The molecule has 3 unspecified atom stereocenters. The van der Waals surface area contributed by atoms with E-state index >= 15 is 0 Å². The van der Waals surface area contributed by atoms with Gasteiger partial charge in [-0.2, -0.15) is 0 Å². The molecule has 0 radical (unpaired) electrons. The molecule has 0 bridgehead atoms. The summed E-state index contributed by atoms with van der Waals surface area (Å²) in [5.41, 5.74) is 0. The van der Waals surface area contributed by atoms with Gasteiger partial charge in [-0.05, 0) is 51.0 Å². The van der Waals surface area contributed by atoms with Crippen LogP contribution in [0.25, 0.3) is 0 Å². The Morgan fingerprint density at radius 1 is 1.33 bits per heavy atom. The Morgan fingerprint density at radius 3 is 3.00 bits per heavy atom. The number of rotatable bonds is 3. The van der Waals surface area contributed by atoms with E-state index in [1.54, 1.807) is 0 Å². The van der Waals surface area contributed by atoms with Gasteiger partial charge in [-0.15, -0.1) is 12.3 Å². The Kier molecular flexibility index (Phi) is 3.70. The van der Waals surface area contributed by atoms with E-state index in [2.05, 4.69) is 17.7 Å². The van der Waals surface area contributed by atoms with E-state index in [1.165, 1.54) is 45.1 Å². The van der Waals surface area contributed by atoms with E-state index in [-0.39, 0.29) is 0 Å². The molecule has 2 heterocycles. The maximum atomic E-state index is 5.31. The van der Waals surface area contributed by atoms with Crippen LogP contribution in [-0.2, 0) is 0 Å². The summed E-state index contributed by atoms with van der Waals surface area (Å²) < 4.78 is 0. The zero-order chi connectivity index (χ0) is 10.7. The van der Waals surface area contributed by atoms with Crippen molar-refractivity contribution >= 4 is 0 Å². The molecule has 0 aliphatic carbocycles. The van der Waals surface area contributed by atoms with Gasteiger partial charge < -0.3 is 0 Å². The first-order chi connectivity index (χ1) is 7.33. The van der Waals surface area contributed by atoms with Crippen LogP contribution in [0.3, 0.4) is 0 Å². The molecule has 0 aromatic rings. The molecule has 1 nitrogen and oxygen atoms in total.